The summed E-state index contributed by atoms with van der Waals surface area (Å²) in [5.74, 6) is -3.26. The predicted octanol–water partition coefficient (Wildman–Crippen LogP) is -1.66. The molecule has 0 radical (unpaired) electrons. The summed E-state index contributed by atoms with van der Waals surface area (Å²) in [4.78, 5) is 44.4. The maximum absolute atomic E-state index is 10.7. The van der Waals surface area contributed by atoms with Gasteiger partial charge in [-0.3, -0.25) is 19.2 Å². The van der Waals surface area contributed by atoms with E-state index in [1.54, 1.807) is 0 Å². The minimum atomic E-state index is -4.80. The molecule has 0 saturated heterocycles. The van der Waals surface area contributed by atoms with Crippen LogP contribution in [0.3, 0.4) is 0 Å². The van der Waals surface area contributed by atoms with Gasteiger partial charge < -0.3 is 24.7 Å². The monoisotopic (exact) mass is 263 g/mol. The van der Waals surface area contributed by atoms with Gasteiger partial charge in [0.15, 0.2) is 0 Å². The highest BCUT2D eigenvalue weighted by Gasteiger charge is 2.34. The van der Waals surface area contributed by atoms with Crippen molar-refractivity contribution in [3.8, 4) is 0 Å². The lowest BCUT2D eigenvalue weighted by atomic mass is 10.6. The van der Waals surface area contributed by atoms with Gasteiger partial charge in [-0.2, -0.15) is 0 Å². The maximum atomic E-state index is 10.7. The lowest BCUT2D eigenvalue weighted by Gasteiger charge is -2.19. The summed E-state index contributed by atoms with van der Waals surface area (Å²) in [5.41, 5.74) is 0. The molecule has 0 bridgehead atoms. The zero-order valence-electron chi connectivity index (χ0n) is 7.35. The molecule has 0 amide bonds. The smallest absolute Gasteiger partial charge is 0.343 e. The van der Waals surface area contributed by atoms with E-state index < -0.39 is 39.7 Å². The van der Waals surface area contributed by atoms with Crippen LogP contribution in [0.4, 0.5) is 0 Å². The van der Waals surface area contributed by atoms with Gasteiger partial charge in [0, 0.05) is 0 Å². The lowest BCUT2D eigenvalue weighted by molar-refractivity contribution is -0.136. The van der Waals surface area contributed by atoms with Gasteiger partial charge in [0.2, 0.25) is 0 Å². The Morgan fingerprint density at radius 3 is 1.93 bits per heavy atom. The average Bonchev–Trinajstić information content (AvgIpc) is 1.93. The summed E-state index contributed by atoms with van der Waals surface area (Å²) in [6.45, 7) is -0.796. The Morgan fingerprint density at radius 2 is 1.67 bits per heavy atom. The summed E-state index contributed by atoms with van der Waals surface area (Å²) in [6.07, 6.45) is -1.12. The van der Waals surface area contributed by atoms with Crippen molar-refractivity contribution in [1.82, 2.24) is 5.32 Å². The maximum Gasteiger partial charge on any atom is 0.343 e. The third-order valence-corrected chi connectivity index (χ3v) is 3.61. The molecule has 0 fully saturated rings. The Morgan fingerprint density at radius 1 is 1.20 bits per heavy atom. The highest BCUT2D eigenvalue weighted by Crippen LogP contribution is 2.47. The summed E-state index contributed by atoms with van der Waals surface area (Å²) in [5, 5.41) is 10.1. The summed E-state index contributed by atoms with van der Waals surface area (Å²) < 4.78 is 21.2. The van der Waals surface area contributed by atoms with Crippen molar-refractivity contribution in [2.24, 2.45) is 0 Å². The fourth-order valence-electron chi connectivity index (χ4n) is 0.720. The van der Waals surface area contributed by atoms with Crippen molar-refractivity contribution in [2.45, 2.75) is 5.78 Å². The molecule has 1 atom stereocenters. The van der Waals surface area contributed by atoms with Gasteiger partial charge in [-0.1, -0.05) is 0 Å². The van der Waals surface area contributed by atoms with Crippen molar-refractivity contribution in [3.63, 3.8) is 0 Å². The van der Waals surface area contributed by atoms with Gasteiger partial charge >= 0.3 is 21.2 Å². The number of nitrogens with one attached hydrogen (secondary N) is 1. The number of aliphatic carboxylic acids is 1. The Balaban J connectivity index is 4.54. The third-order valence-electron chi connectivity index (χ3n) is 1.31. The molecule has 6 N–H and O–H groups in total. The molecule has 0 rings (SSSR count). The topological polar surface area (TPSA) is 164 Å². The molecule has 9 nitrogen and oxygen atoms in total. The lowest BCUT2D eigenvalue weighted by Crippen LogP contribution is -2.36. The van der Waals surface area contributed by atoms with Crippen molar-refractivity contribution in [1.29, 1.82) is 0 Å². The zero-order chi connectivity index (χ0) is 12.3. The summed E-state index contributed by atoms with van der Waals surface area (Å²) in [7, 11) is -9.42. The van der Waals surface area contributed by atoms with Crippen LogP contribution in [0.15, 0.2) is 0 Å². The van der Waals surface area contributed by atoms with Crippen molar-refractivity contribution < 1.29 is 38.6 Å². The highest BCUT2D eigenvalue weighted by atomic mass is 31.2. The van der Waals surface area contributed by atoms with Gasteiger partial charge in [0.25, 0.3) is 0 Å². The summed E-state index contributed by atoms with van der Waals surface area (Å²) in [6, 6.07) is 0. The Labute approximate surface area is 84.4 Å². The predicted molar refractivity (Wildman–Crippen MR) is 48.4 cm³/mol. The van der Waals surface area contributed by atoms with Crippen LogP contribution in [-0.4, -0.2) is 49.1 Å². The molecular formula is C4H11NO8P2. The zero-order valence-corrected chi connectivity index (χ0v) is 9.14. The second-order valence-electron chi connectivity index (χ2n) is 2.73. The Bertz CT molecular complexity index is 317. The van der Waals surface area contributed by atoms with Crippen molar-refractivity contribution >= 4 is 21.2 Å². The first-order chi connectivity index (χ1) is 6.52. The van der Waals surface area contributed by atoms with Gasteiger partial charge in [-0.25, -0.2) is 0 Å². The van der Waals surface area contributed by atoms with E-state index in [9.17, 15) is 13.9 Å². The van der Waals surface area contributed by atoms with Crippen molar-refractivity contribution in [2.75, 3.05) is 12.7 Å². The van der Waals surface area contributed by atoms with Crippen molar-refractivity contribution in [3.05, 3.63) is 0 Å². The quantitative estimate of drug-likeness (QED) is 0.307. The molecular weight excluding hydrogens is 252 g/mol. The molecule has 0 aliphatic heterocycles. The number of hydrogen-bond acceptors (Lipinski definition) is 4. The molecule has 11 heteroatoms. The number of carbonyl (C=O) groups is 1. The molecule has 0 spiro atoms. The summed E-state index contributed by atoms with van der Waals surface area (Å²) >= 11 is 0. The van der Waals surface area contributed by atoms with E-state index >= 15 is 0 Å². The largest absolute Gasteiger partial charge is 0.480 e. The van der Waals surface area contributed by atoms with Gasteiger partial charge in [0.05, 0.1) is 12.7 Å². The highest BCUT2D eigenvalue weighted by molar-refractivity contribution is 7.56. The van der Waals surface area contributed by atoms with Crippen LogP contribution >= 0.6 is 15.2 Å². The van der Waals surface area contributed by atoms with E-state index in [4.69, 9.17) is 24.7 Å². The van der Waals surface area contributed by atoms with Crippen LogP contribution in [0.2, 0.25) is 0 Å². The van der Waals surface area contributed by atoms with E-state index in [-0.39, 0.29) is 0 Å². The van der Waals surface area contributed by atoms with E-state index in [1.165, 1.54) is 0 Å². The third kappa shape index (κ3) is 7.64. The molecule has 90 valence electrons. The van der Waals surface area contributed by atoms with Gasteiger partial charge in [-0.05, 0) is 0 Å². The average molecular weight is 263 g/mol. The van der Waals surface area contributed by atoms with Gasteiger partial charge in [0.1, 0.15) is 5.78 Å². The SMILES string of the molecule is O=C(O)CNC(CP(=O)(O)O)P(=O)(O)O. The first-order valence-corrected chi connectivity index (χ1v) is 7.05. The Hall–Kier alpha value is -0.270. The standard InChI is InChI=1S/C4H11NO8P2/c6-4(7)1-5-3(15(11,12)13)2-14(8,9)10/h3,5H,1-2H2,(H,6,7)(H2,8,9,10)(H2,11,12,13). The molecule has 0 saturated carbocycles. The molecule has 0 aromatic heterocycles. The first kappa shape index (κ1) is 14.7. The minimum Gasteiger partial charge on any atom is -0.480 e. The number of rotatable bonds is 6. The molecule has 0 aromatic carbocycles. The van der Waals surface area contributed by atoms with E-state index in [0.717, 1.165) is 0 Å². The van der Waals surface area contributed by atoms with E-state index in [2.05, 4.69) is 0 Å². The second kappa shape index (κ2) is 5.18. The van der Waals surface area contributed by atoms with E-state index in [1.807, 2.05) is 5.32 Å². The number of carboxylic acid groups (broad SMARTS) is 1. The van der Waals surface area contributed by atoms with Crippen LogP contribution in [0.1, 0.15) is 0 Å². The normalized spacial score (nSPS) is 14.9. The van der Waals surface area contributed by atoms with E-state index in [0.29, 0.717) is 0 Å². The van der Waals surface area contributed by atoms with Crippen LogP contribution in [0.5, 0.6) is 0 Å². The van der Waals surface area contributed by atoms with Crippen LogP contribution < -0.4 is 5.32 Å². The molecule has 0 aliphatic carbocycles. The molecule has 15 heavy (non-hydrogen) atoms. The first-order valence-electron chi connectivity index (χ1n) is 3.57. The Kier molecular flexibility index (Phi) is 5.08. The number of hydrogen-bond donors (Lipinski definition) is 6. The molecule has 1 unspecified atom stereocenters. The molecule has 0 aliphatic rings. The fraction of sp³-hybridized carbons (Fsp3) is 0.750. The fourth-order valence-corrected chi connectivity index (χ4v) is 3.12. The minimum absolute atomic E-state index is 0.796. The van der Waals surface area contributed by atoms with Gasteiger partial charge in [-0.15, -0.1) is 0 Å². The second-order valence-corrected chi connectivity index (χ2v) is 6.22. The van der Waals surface area contributed by atoms with Crippen LogP contribution in [0.25, 0.3) is 0 Å². The van der Waals surface area contributed by atoms with Crippen LogP contribution in [-0.2, 0) is 13.9 Å². The van der Waals surface area contributed by atoms with Crippen LogP contribution in [0, 0.1) is 0 Å². The molecule has 0 aromatic rings. The number of carboxylic acids is 1. The molecule has 0 heterocycles.